The second-order valence-electron chi connectivity index (χ2n) is 3.45. The summed E-state index contributed by atoms with van der Waals surface area (Å²) in [5, 5.41) is 0. The zero-order valence-electron chi connectivity index (χ0n) is 9.29. The van der Waals surface area contributed by atoms with Gasteiger partial charge in [-0.15, -0.1) is 11.8 Å². The molecule has 0 aliphatic heterocycles. The molecule has 0 fully saturated rings. The van der Waals surface area contributed by atoms with Crippen LogP contribution in [0.25, 0.3) is 0 Å². The van der Waals surface area contributed by atoms with E-state index < -0.39 is 0 Å². The minimum Gasteiger partial charge on any atom is -0.271 e. The molecule has 0 bridgehead atoms. The van der Waals surface area contributed by atoms with E-state index in [9.17, 15) is 0 Å². The number of hydrogen-bond acceptors (Lipinski definition) is 3. The van der Waals surface area contributed by atoms with Gasteiger partial charge in [-0.2, -0.15) is 0 Å². The van der Waals surface area contributed by atoms with Crippen molar-refractivity contribution in [3.05, 3.63) is 42.0 Å². The van der Waals surface area contributed by atoms with E-state index in [1.54, 1.807) is 0 Å². The molecule has 0 aliphatic carbocycles. The number of thioether (sulfide) groups is 1. The number of rotatable bonds is 5. The van der Waals surface area contributed by atoms with E-state index in [4.69, 9.17) is 5.84 Å². The molecular formula is C12H18N2S. The highest BCUT2D eigenvalue weighted by molar-refractivity contribution is 7.99. The molecule has 15 heavy (non-hydrogen) atoms. The monoisotopic (exact) mass is 222 g/mol. The molecule has 1 rings (SSSR count). The Morgan fingerprint density at radius 3 is 2.47 bits per heavy atom. The van der Waals surface area contributed by atoms with Gasteiger partial charge >= 0.3 is 0 Å². The summed E-state index contributed by atoms with van der Waals surface area (Å²) in [6.45, 7) is 8.03. The van der Waals surface area contributed by atoms with Crippen molar-refractivity contribution in [2.24, 2.45) is 5.84 Å². The molecule has 1 aromatic carbocycles. The fourth-order valence-electron chi connectivity index (χ4n) is 1.45. The van der Waals surface area contributed by atoms with Crippen LogP contribution in [0.4, 0.5) is 0 Å². The molecule has 0 amide bonds. The summed E-state index contributed by atoms with van der Waals surface area (Å²) < 4.78 is 0. The van der Waals surface area contributed by atoms with Crippen molar-refractivity contribution in [1.29, 1.82) is 0 Å². The molecule has 0 aliphatic rings. The van der Waals surface area contributed by atoms with E-state index in [-0.39, 0.29) is 6.04 Å². The number of hydrazine groups is 1. The van der Waals surface area contributed by atoms with Crippen LogP contribution in [0, 0.1) is 0 Å². The lowest BCUT2D eigenvalue weighted by Crippen LogP contribution is -2.28. The minimum atomic E-state index is 0.0469. The predicted molar refractivity (Wildman–Crippen MR) is 67.7 cm³/mol. The van der Waals surface area contributed by atoms with Gasteiger partial charge in [0, 0.05) is 4.90 Å². The maximum Gasteiger partial charge on any atom is 0.0664 e. The molecule has 1 unspecified atom stereocenters. The second kappa shape index (κ2) is 5.95. The normalized spacial score (nSPS) is 12.5. The van der Waals surface area contributed by atoms with Gasteiger partial charge in [0.05, 0.1) is 6.04 Å². The summed E-state index contributed by atoms with van der Waals surface area (Å²) >= 11 is 1.84. The average Bonchev–Trinajstić information content (AvgIpc) is 2.21. The molecule has 0 saturated heterocycles. The van der Waals surface area contributed by atoms with Crippen molar-refractivity contribution in [3.8, 4) is 0 Å². The molecule has 0 saturated carbocycles. The van der Waals surface area contributed by atoms with Gasteiger partial charge in [-0.05, 0) is 30.4 Å². The second-order valence-corrected chi connectivity index (χ2v) is 4.79. The van der Waals surface area contributed by atoms with Gasteiger partial charge in [0.15, 0.2) is 0 Å². The molecule has 0 spiro atoms. The fourth-order valence-corrected chi connectivity index (χ4v) is 2.11. The first kappa shape index (κ1) is 12.3. The Labute approximate surface area is 95.9 Å². The third-order valence-electron chi connectivity index (χ3n) is 2.18. The number of nitrogens with two attached hydrogens (primary N) is 1. The highest BCUT2D eigenvalue weighted by Gasteiger charge is 2.09. The van der Waals surface area contributed by atoms with Crippen LogP contribution in [-0.2, 0) is 0 Å². The predicted octanol–water partition coefficient (Wildman–Crippen LogP) is 2.88. The summed E-state index contributed by atoms with van der Waals surface area (Å²) in [5.41, 5.74) is 4.94. The summed E-state index contributed by atoms with van der Waals surface area (Å²) in [5.74, 6) is 6.58. The number of hydrogen-bond donors (Lipinski definition) is 2. The van der Waals surface area contributed by atoms with Crippen molar-refractivity contribution < 1.29 is 0 Å². The largest absolute Gasteiger partial charge is 0.271 e. The lowest BCUT2D eigenvalue weighted by molar-refractivity contribution is 0.627. The van der Waals surface area contributed by atoms with Crippen molar-refractivity contribution >= 4 is 11.8 Å². The van der Waals surface area contributed by atoms with Crippen LogP contribution in [0.3, 0.4) is 0 Å². The molecule has 3 N–H and O–H groups in total. The Bertz CT molecular complexity index is 319. The standard InChI is InChI=1S/C12H18N2S/c1-4-15-11-7-5-10(6-8-11)12(14-13)9(2)3/h5-8,12,14H,2,4,13H2,1,3H3. The van der Waals surface area contributed by atoms with Crippen molar-refractivity contribution in [3.63, 3.8) is 0 Å². The summed E-state index contributed by atoms with van der Waals surface area (Å²) in [6, 6.07) is 8.48. The first-order valence-corrected chi connectivity index (χ1v) is 6.02. The van der Waals surface area contributed by atoms with Crippen molar-refractivity contribution in [2.75, 3.05) is 5.75 Å². The minimum absolute atomic E-state index is 0.0469. The Kier molecular flexibility index (Phi) is 4.88. The molecule has 1 atom stereocenters. The Morgan fingerprint density at radius 1 is 1.47 bits per heavy atom. The maximum absolute atomic E-state index is 5.49. The van der Waals surface area contributed by atoms with Crippen LogP contribution in [0.5, 0.6) is 0 Å². The Hall–Kier alpha value is -0.770. The molecule has 2 nitrogen and oxygen atoms in total. The Morgan fingerprint density at radius 2 is 2.07 bits per heavy atom. The zero-order chi connectivity index (χ0) is 11.3. The number of benzene rings is 1. The lowest BCUT2D eigenvalue weighted by atomic mass is 10.0. The van der Waals surface area contributed by atoms with Gasteiger partial charge < -0.3 is 0 Å². The van der Waals surface area contributed by atoms with E-state index in [2.05, 4.69) is 43.2 Å². The van der Waals surface area contributed by atoms with Gasteiger partial charge in [-0.3, -0.25) is 5.84 Å². The summed E-state index contributed by atoms with van der Waals surface area (Å²) in [4.78, 5) is 1.29. The van der Waals surface area contributed by atoms with Gasteiger partial charge in [0.25, 0.3) is 0 Å². The number of nitrogens with one attached hydrogen (secondary N) is 1. The summed E-state index contributed by atoms with van der Waals surface area (Å²) in [7, 11) is 0. The van der Waals surface area contributed by atoms with Gasteiger partial charge in [0.2, 0.25) is 0 Å². The van der Waals surface area contributed by atoms with Crippen LogP contribution in [-0.4, -0.2) is 5.75 Å². The highest BCUT2D eigenvalue weighted by atomic mass is 32.2. The first-order valence-electron chi connectivity index (χ1n) is 5.03. The highest BCUT2D eigenvalue weighted by Crippen LogP contribution is 2.23. The molecule has 3 heteroatoms. The lowest BCUT2D eigenvalue weighted by Gasteiger charge is -2.16. The molecular weight excluding hydrogens is 204 g/mol. The van der Waals surface area contributed by atoms with Crippen LogP contribution in [0.15, 0.2) is 41.3 Å². The van der Waals surface area contributed by atoms with E-state index in [0.717, 1.165) is 16.9 Å². The van der Waals surface area contributed by atoms with Crippen molar-refractivity contribution in [1.82, 2.24) is 5.43 Å². The average molecular weight is 222 g/mol. The summed E-state index contributed by atoms with van der Waals surface area (Å²) in [6.07, 6.45) is 0. The first-order chi connectivity index (χ1) is 7.19. The van der Waals surface area contributed by atoms with Crippen LogP contribution < -0.4 is 11.3 Å². The third-order valence-corrected chi connectivity index (χ3v) is 3.08. The topological polar surface area (TPSA) is 38.0 Å². The van der Waals surface area contributed by atoms with Crippen LogP contribution in [0.2, 0.25) is 0 Å². The maximum atomic E-state index is 5.49. The molecule has 0 radical (unpaired) electrons. The third kappa shape index (κ3) is 3.38. The van der Waals surface area contributed by atoms with E-state index in [0.29, 0.717) is 0 Å². The SMILES string of the molecule is C=C(C)C(NN)c1ccc(SCC)cc1. The van der Waals surface area contributed by atoms with Gasteiger partial charge in [-0.25, -0.2) is 5.43 Å². The zero-order valence-corrected chi connectivity index (χ0v) is 10.1. The van der Waals surface area contributed by atoms with Crippen LogP contribution in [0.1, 0.15) is 25.5 Å². The van der Waals surface area contributed by atoms with Gasteiger partial charge in [0.1, 0.15) is 0 Å². The Balaban J connectivity index is 2.82. The quantitative estimate of drug-likeness (QED) is 0.348. The van der Waals surface area contributed by atoms with E-state index >= 15 is 0 Å². The molecule has 1 aromatic rings. The van der Waals surface area contributed by atoms with E-state index in [1.807, 2.05) is 18.7 Å². The smallest absolute Gasteiger partial charge is 0.0664 e. The van der Waals surface area contributed by atoms with Crippen molar-refractivity contribution in [2.45, 2.75) is 24.8 Å². The molecule has 0 heterocycles. The molecule has 0 aromatic heterocycles. The fraction of sp³-hybridized carbons (Fsp3) is 0.333. The van der Waals surface area contributed by atoms with Crippen LogP contribution >= 0.6 is 11.8 Å². The van der Waals surface area contributed by atoms with E-state index in [1.165, 1.54) is 4.90 Å². The van der Waals surface area contributed by atoms with Gasteiger partial charge in [-0.1, -0.05) is 31.2 Å². The molecule has 82 valence electrons.